The van der Waals surface area contributed by atoms with Crippen LogP contribution in [0.1, 0.15) is 356 Å². The van der Waals surface area contributed by atoms with Crippen molar-refractivity contribution in [2.75, 3.05) is 13.2 Å². The molecule has 0 aromatic rings. The van der Waals surface area contributed by atoms with Gasteiger partial charge >= 0.3 is 17.9 Å². The van der Waals surface area contributed by atoms with Gasteiger partial charge in [0.2, 0.25) is 0 Å². The van der Waals surface area contributed by atoms with Crippen molar-refractivity contribution in [3.8, 4) is 0 Å². The fourth-order valence-electron chi connectivity index (χ4n) is 9.76. The quantitative estimate of drug-likeness (QED) is 0.0343. The highest BCUT2D eigenvalue weighted by Crippen LogP contribution is 2.19. The van der Waals surface area contributed by atoms with Crippen LogP contribution in [0.15, 0.2) is 0 Å². The van der Waals surface area contributed by atoms with Gasteiger partial charge in [0.05, 0.1) is 0 Å². The molecule has 0 N–H and O–H groups in total. The van der Waals surface area contributed by atoms with Crippen molar-refractivity contribution in [3.05, 3.63) is 0 Å². The average Bonchev–Trinajstić information content (AvgIpc) is 3.32. The summed E-state index contributed by atoms with van der Waals surface area (Å²) in [7, 11) is 0. The zero-order valence-electron chi connectivity index (χ0n) is 47.5. The lowest BCUT2D eigenvalue weighted by molar-refractivity contribution is -0.167. The molecule has 0 fully saturated rings. The average molecular weight is 976 g/mol. The summed E-state index contributed by atoms with van der Waals surface area (Å²) in [5.41, 5.74) is 0. The molecule has 0 spiro atoms. The molecule has 0 rings (SSSR count). The second-order valence-electron chi connectivity index (χ2n) is 22.6. The number of rotatable bonds is 57. The summed E-state index contributed by atoms with van der Waals surface area (Å²) in [6.07, 6.45) is 61.1. The highest BCUT2D eigenvalue weighted by molar-refractivity contribution is 5.71. The van der Waals surface area contributed by atoms with Crippen LogP contribution in [0.5, 0.6) is 0 Å². The predicted molar refractivity (Wildman–Crippen MR) is 298 cm³/mol. The van der Waals surface area contributed by atoms with E-state index >= 15 is 0 Å². The van der Waals surface area contributed by atoms with Crippen molar-refractivity contribution in [1.82, 2.24) is 0 Å². The third-order valence-corrected chi connectivity index (χ3v) is 14.5. The Morgan fingerprint density at radius 1 is 0.275 bits per heavy atom. The Morgan fingerprint density at radius 2 is 0.478 bits per heavy atom. The van der Waals surface area contributed by atoms with Gasteiger partial charge in [-0.3, -0.25) is 14.4 Å². The van der Waals surface area contributed by atoms with Crippen LogP contribution >= 0.6 is 0 Å². The van der Waals surface area contributed by atoms with Gasteiger partial charge in [0.15, 0.2) is 6.10 Å². The van der Waals surface area contributed by atoms with Gasteiger partial charge in [-0.2, -0.15) is 0 Å². The fourth-order valence-corrected chi connectivity index (χ4v) is 9.76. The molecule has 1 atom stereocenters. The molecule has 0 aliphatic heterocycles. The molecule has 0 bridgehead atoms. The van der Waals surface area contributed by atoms with Gasteiger partial charge < -0.3 is 14.2 Å². The summed E-state index contributed by atoms with van der Waals surface area (Å²) >= 11 is 0. The minimum absolute atomic E-state index is 0.0620. The standard InChI is InChI=1S/C63H122O6/c1-6-7-8-9-10-11-26-33-38-43-48-53-61(64)67-56-60(69-63(66)55-50-45-40-35-30-25-21-17-16-19-23-28-32-37-42-47-52-59(4)5)57-68-62(65)54-49-44-39-34-29-24-20-15-13-12-14-18-22-27-31-36-41-46-51-58(2)3/h58-60H,6-57H2,1-5H3/t60-/m0/s1. The largest absolute Gasteiger partial charge is 0.462 e. The van der Waals surface area contributed by atoms with E-state index in [0.717, 1.165) is 69.6 Å². The smallest absolute Gasteiger partial charge is 0.306 e. The van der Waals surface area contributed by atoms with E-state index in [1.807, 2.05) is 0 Å². The number of unbranched alkanes of at least 4 members (excludes halogenated alkanes) is 42. The van der Waals surface area contributed by atoms with Crippen LogP contribution in [0.4, 0.5) is 0 Å². The summed E-state index contributed by atoms with van der Waals surface area (Å²) in [5.74, 6) is 0.877. The zero-order chi connectivity index (χ0) is 50.4. The van der Waals surface area contributed by atoms with Crippen LogP contribution in [0.2, 0.25) is 0 Å². The molecule has 0 aliphatic rings. The first-order valence-corrected chi connectivity index (χ1v) is 31.2. The maximum atomic E-state index is 12.9. The van der Waals surface area contributed by atoms with Crippen molar-refractivity contribution < 1.29 is 28.6 Å². The number of hydrogen-bond acceptors (Lipinski definition) is 6. The van der Waals surface area contributed by atoms with Crippen molar-refractivity contribution in [1.29, 1.82) is 0 Å². The van der Waals surface area contributed by atoms with Crippen LogP contribution in [0.3, 0.4) is 0 Å². The molecule has 0 aromatic heterocycles. The van der Waals surface area contributed by atoms with Gasteiger partial charge in [0.1, 0.15) is 13.2 Å². The number of carbonyl (C=O) groups is 3. The summed E-state index contributed by atoms with van der Waals surface area (Å²) in [6, 6.07) is 0. The first-order chi connectivity index (χ1) is 33.7. The second-order valence-corrected chi connectivity index (χ2v) is 22.6. The lowest BCUT2D eigenvalue weighted by Gasteiger charge is -2.18. The second kappa shape index (κ2) is 55.7. The van der Waals surface area contributed by atoms with Crippen LogP contribution in [0.25, 0.3) is 0 Å². The number of esters is 3. The lowest BCUT2D eigenvalue weighted by Crippen LogP contribution is -2.30. The summed E-state index contributed by atoms with van der Waals surface area (Å²) in [4.78, 5) is 38.2. The molecule has 0 radical (unpaired) electrons. The van der Waals surface area contributed by atoms with Crippen molar-refractivity contribution in [3.63, 3.8) is 0 Å². The zero-order valence-corrected chi connectivity index (χ0v) is 47.5. The highest BCUT2D eigenvalue weighted by Gasteiger charge is 2.19. The predicted octanol–water partition coefficient (Wildman–Crippen LogP) is 20.8. The number of ether oxygens (including phenoxy) is 3. The Balaban J connectivity index is 4.21. The molecule has 410 valence electrons. The van der Waals surface area contributed by atoms with E-state index in [-0.39, 0.29) is 31.1 Å². The number of carbonyl (C=O) groups excluding carboxylic acids is 3. The fraction of sp³-hybridized carbons (Fsp3) is 0.952. The summed E-state index contributed by atoms with van der Waals surface area (Å²) in [5, 5.41) is 0. The highest BCUT2D eigenvalue weighted by atomic mass is 16.6. The van der Waals surface area contributed by atoms with Crippen LogP contribution < -0.4 is 0 Å². The first-order valence-electron chi connectivity index (χ1n) is 31.2. The SMILES string of the molecule is CCCCCCCCCCCCCC(=O)OC[C@@H](COC(=O)CCCCCCCCCCCCCCCCCCCCC(C)C)OC(=O)CCCCCCCCCCCCCCCCCCC(C)C. The third-order valence-electron chi connectivity index (χ3n) is 14.5. The molecule has 6 nitrogen and oxygen atoms in total. The lowest BCUT2D eigenvalue weighted by atomic mass is 10.0. The van der Waals surface area contributed by atoms with E-state index in [9.17, 15) is 14.4 Å². The molecular formula is C63H122O6. The molecule has 6 heteroatoms. The normalized spacial score (nSPS) is 12.0. The Bertz CT molecular complexity index is 1060. The molecule has 0 heterocycles. The molecule has 0 amide bonds. The first kappa shape index (κ1) is 67.4. The van der Waals surface area contributed by atoms with Crippen LogP contribution in [0, 0.1) is 11.8 Å². The molecule has 0 aliphatic carbocycles. The van der Waals surface area contributed by atoms with Gasteiger partial charge in [0.25, 0.3) is 0 Å². The van der Waals surface area contributed by atoms with E-state index < -0.39 is 6.10 Å². The number of hydrogen-bond donors (Lipinski definition) is 0. The molecule has 0 saturated heterocycles. The molecular weight excluding hydrogens is 853 g/mol. The van der Waals surface area contributed by atoms with E-state index in [2.05, 4.69) is 34.6 Å². The van der Waals surface area contributed by atoms with Gasteiger partial charge in [-0.05, 0) is 31.1 Å². The van der Waals surface area contributed by atoms with Crippen molar-refractivity contribution >= 4 is 17.9 Å². The topological polar surface area (TPSA) is 78.9 Å². The van der Waals surface area contributed by atoms with Crippen LogP contribution in [-0.4, -0.2) is 37.2 Å². The van der Waals surface area contributed by atoms with Crippen LogP contribution in [-0.2, 0) is 28.6 Å². The Morgan fingerprint density at radius 3 is 0.710 bits per heavy atom. The Kier molecular flexibility index (Phi) is 54.4. The molecule has 0 saturated carbocycles. The van der Waals surface area contributed by atoms with Gasteiger partial charge in [0, 0.05) is 19.3 Å². The van der Waals surface area contributed by atoms with Crippen molar-refractivity contribution in [2.24, 2.45) is 11.8 Å². The maximum Gasteiger partial charge on any atom is 0.306 e. The summed E-state index contributed by atoms with van der Waals surface area (Å²) < 4.78 is 16.9. The van der Waals surface area contributed by atoms with E-state index in [1.165, 1.54) is 244 Å². The van der Waals surface area contributed by atoms with E-state index in [0.29, 0.717) is 19.3 Å². The molecule has 0 aromatic carbocycles. The minimum Gasteiger partial charge on any atom is -0.462 e. The van der Waals surface area contributed by atoms with Gasteiger partial charge in [-0.25, -0.2) is 0 Å². The third kappa shape index (κ3) is 57.2. The van der Waals surface area contributed by atoms with Gasteiger partial charge in [-0.15, -0.1) is 0 Å². The Labute approximate surface area is 431 Å². The summed E-state index contributed by atoms with van der Waals surface area (Å²) in [6.45, 7) is 11.5. The van der Waals surface area contributed by atoms with Crippen molar-refractivity contribution in [2.45, 2.75) is 362 Å². The maximum absolute atomic E-state index is 12.9. The van der Waals surface area contributed by atoms with E-state index in [4.69, 9.17) is 14.2 Å². The Hall–Kier alpha value is -1.59. The minimum atomic E-state index is -0.763. The van der Waals surface area contributed by atoms with E-state index in [1.54, 1.807) is 0 Å². The monoisotopic (exact) mass is 975 g/mol. The van der Waals surface area contributed by atoms with Gasteiger partial charge in [-0.1, -0.05) is 317 Å². The molecule has 69 heavy (non-hydrogen) atoms. The molecule has 0 unspecified atom stereocenters.